The van der Waals surface area contributed by atoms with E-state index in [0.717, 1.165) is 5.56 Å². The van der Waals surface area contributed by atoms with Gasteiger partial charge in [-0.2, -0.15) is 5.10 Å². The highest BCUT2D eigenvalue weighted by molar-refractivity contribution is 5.68. The Bertz CT molecular complexity index is 545. The van der Waals surface area contributed by atoms with Crippen molar-refractivity contribution in [2.75, 3.05) is 13.1 Å². The summed E-state index contributed by atoms with van der Waals surface area (Å²) in [5.74, 6) is 0. The molecule has 22 heavy (non-hydrogen) atoms. The summed E-state index contributed by atoms with van der Waals surface area (Å²) in [6.45, 7) is 8.69. The minimum absolute atomic E-state index is 0.0180. The van der Waals surface area contributed by atoms with Crippen LogP contribution in [0.25, 0.3) is 0 Å². The lowest BCUT2D eigenvalue weighted by Crippen LogP contribution is -2.47. The molecular weight excluding hydrogens is 282 g/mol. The van der Waals surface area contributed by atoms with Crippen molar-refractivity contribution in [1.29, 1.82) is 0 Å². The van der Waals surface area contributed by atoms with Gasteiger partial charge in [0.25, 0.3) is 0 Å². The van der Waals surface area contributed by atoms with E-state index in [1.54, 1.807) is 4.90 Å². The van der Waals surface area contributed by atoms with Crippen LogP contribution < -0.4 is 0 Å². The first-order chi connectivity index (χ1) is 10.3. The fraction of sp³-hybridized carbons (Fsp3) is 0.750. The highest BCUT2D eigenvalue weighted by Crippen LogP contribution is 2.35. The number of rotatable bonds is 2. The molecule has 0 radical (unpaired) electrons. The summed E-state index contributed by atoms with van der Waals surface area (Å²) in [5.41, 5.74) is 0.553. The van der Waals surface area contributed by atoms with Gasteiger partial charge in [0.2, 0.25) is 0 Å². The van der Waals surface area contributed by atoms with Crippen LogP contribution in [0.4, 0.5) is 4.79 Å². The van der Waals surface area contributed by atoms with Crippen molar-refractivity contribution in [3.05, 3.63) is 18.0 Å². The van der Waals surface area contributed by atoms with Crippen molar-refractivity contribution in [3.63, 3.8) is 0 Å². The molecule has 1 aromatic heterocycles. The van der Waals surface area contributed by atoms with Crippen LogP contribution in [0, 0.1) is 0 Å². The normalized spacial score (nSPS) is 26.1. The van der Waals surface area contributed by atoms with E-state index in [9.17, 15) is 4.79 Å². The van der Waals surface area contributed by atoms with Gasteiger partial charge in [0.1, 0.15) is 11.7 Å². The predicted octanol–water partition coefficient (Wildman–Crippen LogP) is 2.91. The molecule has 6 heteroatoms. The molecule has 1 aliphatic heterocycles. The fourth-order valence-electron chi connectivity index (χ4n) is 2.67. The van der Waals surface area contributed by atoms with E-state index in [2.05, 4.69) is 5.10 Å². The maximum absolute atomic E-state index is 12.3. The monoisotopic (exact) mass is 307 g/mol. The number of carbonyl (C=O) groups excluding carboxylic acids is 1. The summed E-state index contributed by atoms with van der Waals surface area (Å²) in [4.78, 5) is 14.0. The Morgan fingerprint density at radius 2 is 2.09 bits per heavy atom. The van der Waals surface area contributed by atoms with Crippen LogP contribution in [-0.4, -0.2) is 45.6 Å². The predicted molar refractivity (Wildman–Crippen MR) is 81.6 cm³/mol. The Balaban J connectivity index is 1.68. The lowest BCUT2D eigenvalue weighted by atomic mass is 10.1. The van der Waals surface area contributed by atoms with Crippen LogP contribution in [0.1, 0.15) is 58.2 Å². The van der Waals surface area contributed by atoms with Gasteiger partial charge in [-0.25, -0.2) is 4.79 Å². The molecule has 122 valence electrons. The maximum Gasteiger partial charge on any atom is 0.410 e. The van der Waals surface area contributed by atoms with Crippen molar-refractivity contribution in [1.82, 2.24) is 14.7 Å². The summed E-state index contributed by atoms with van der Waals surface area (Å²) in [6, 6.07) is 0.553. The Hall–Kier alpha value is -1.56. The van der Waals surface area contributed by atoms with E-state index in [0.29, 0.717) is 19.1 Å². The van der Waals surface area contributed by atoms with Gasteiger partial charge in [-0.3, -0.25) is 4.68 Å². The van der Waals surface area contributed by atoms with E-state index in [1.165, 1.54) is 12.8 Å². The van der Waals surface area contributed by atoms with E-state index in [4.69, 9.17) is 9.47 Å². The molecule has 0 spiro atoms. The molecule has 0 bridgehead atoms. The van der Waals surface area contributed by atoms with Crippen molar-refractivity contribution in [2.24, 2.45) is 0 Å². The van der Waals surface area contributed by atoms with Gasteiger partial charge >= 0.3 is 6.09 Å². The second kappa shape index (κ2) is 5.57. The Morgan fingerprint density at radius 3 is 2.73 bits per heavy atom. The SMILES string of the molecule is CC1CN(C(=O)OC(C)(C)C)CC(c2cnn(C3CC3)c2)O1. The highest BCUT2D eigenvalue weighted by atomic mass is 16.6. The number of hydrogen-bond acceptors (Lipinski definition) is 4. The van der Waals surface area contributed by atoms with Gasteiger partial charge < -0.3 is 14.4 Å². The van der Waals surface area contributed by atoms with Crippen LogP contribution in [0.2, 0.25) is 0 Å². The average Bonchev–Trinajstić information content (AvgIpc) is 3.14. The summed E-state index contributed by atoms with van der Waals surface area (Å²) < 4.78 is 13.5. The molecule has 2 unspecified atom stereocenters. The van der Waals surface area contributed by atoms with Gasteiger partial charge in [-0.15, -0.1) is 0 Å². The van der Waals surface area contributed by atoms with Crippen molar-refractivity contribution < 1.29 is 14.3 Å². The largest absolute Gasteiger partial charge is 0.444 e. The minimum Gasteiger partial charge on any atom is -0.444 e. The molecule has 2 aliphatic rings. The Morgan fingerprint density at radius 1 is 1.36 bits per heavy atom. The molecule has 0 N–H and O–H groups in total. The van der Waals surface area contributed by atoms with Crippen LogP contribution >= 0.6 is 0 Å². The molecule has 3 rings (SSSR count). The molecule has 1 amide bonds. The molecule has 1 aromatic rings. The summed E-state index contributed by atoms with van der Waals surface area (Å²) in [7, 11) is 0. The van der Waals surface area contributed by atoms with E-state index >= 15 is 0 Å². The molecule has 1 saturated heterocycles. The van der Waals surface area contributed by atoms with Crippen molar-refractivity contribution in [2.45, 2.75) is 64.4 Å². The smallest absolute Gasteiger partial charge is 0.410 e. The van der Waals surface area contributed by atoms with Crippen molar-refractivity contribution >= 4 is 6.09 Å². The Labute approximate surface area is 131 Å². The summed E-state index contributed by atoms with van der Waals surface area (Å²) in [5, 5.41) is 4.41. The van der Waals surface area contributed by atoms with Gasteiger partial charge in [-0.1, -0.05) is 0 Å². The number of ether oxygens (including phenoxy) is 2. The standard InChI is InChI=1S/C16H25N3O3/c1-11-8-18(15(20)22-16(2,3)4)10-14(21-11)12-7-17-19(9-12)13-5-6-13/h7,9,11,13-14H,5-6,8,10H2,1-4H3. The average molecular weight is 307 g/mol. The molecule has 1 saturated carbocycles. The molecule has 6 nitrogen and oxygen atoms in total. The van der Waals surface area contributed by atoms with Crippen LogP contribution in [0.3, 0.4) is 0 Å². The number of nitrogens with zero attached hydrogens (tertiary/aromatic N) is 3. The Kier molecular flexibility index (Phi) is 3.89. The number of carbonyl (C=O) groups is 1. The maximum atomic E-state index is 12.3. The first-order valence-electron chi connectivity index (χ1n) is 7.99. The highest BCUT2D eigenvalue weighted by Gasteiger charge is 2.33. The van der Waals surface area contributed by atoms with Gasteiger partial charge in [0.15, 0.2) is 0 Å². The minimum atomic E-state index is -0.481. The lowest BCUT2D eigenvalue weighted by molar-refractivity contribution is -0.0816. The number of amides is 1. The van der Waals surface area contributed by atoms with Crippen LogP contribution in [-0.2, 0) is 9.47 Å². The number of hydrogen-bond donors (Lipinski definition) is 0. The molecule has 0 aromatic carbocycles. The zero-order valence-electron chi connectivity index (χ0n) is 13.8. The quantitative estimate of drug-likeness (QED) is 0.843. The van der Waals surface area contributed by atoms with Crippen molar-refractivity contribution in [3.8, 4) is 0 Å². The molecule has 2 fully saturated rings. The third-order valence-electron chi connectivity index (χ3n) is 3.83. The summed E-state index contributed by atoms with van der Waals surface area (Å²) in [6.07, 6.45) is 5.88. The third-order valence-corrected chi connectivity index (χ3v) is 3.83. The summed E-state index contributed by atoms with van der Waals surface area (Å²) >= 11 is 0. The van der Waals surface area contributed by atoms with Gasteiger partial charge in [0.05, 0.1) is 31.4 Å². The molecule has 2 heterocycles. The second-order valence-corrected chi connectivity index (χ2v) is 7.31. The lowest BCUT2D eigenvalue weighted by Gasteiger charge is -2.37. The zero-order chi connectivity index (χ0) is 15.9. The first kappa shape index (κ1) is 15.3. The molecular formula is C16H25N3O3. The fourth-order valence-corrected chi connectivity index (χ4v) is 2.67. The van der Waals surface area contributed by atoms with E-state index in [1.807, 2.05) is 44.8 Å². The topological polar surface area (TPSA) is 56.6 Å². The molecule has 2 atom stereocenters. The van der Waals surface area contributed by atoms with Crippen LogP contribution in [0.15, 0.2) is 12.4 Å². The van der Waals surface area contributed by atoms with E-state index in [-0.39, 0.29) is 18.3 Å². The first-order valence-corrected chi connectivity index (χ1v) is 7.99. The zero-order valence-corrected chi connectivity index (χ0v) is 13.8. The van der Waals surface area contributed by atoms with E-state index < -0.39 is 5.60 Å². The molecule has 1 aliphatic carbocycles. The van der Waals surface area contributed by atoms with Gasteiger partial charge in [0, 0.05) is 11.8 Å². The number of morpholine rings is 1. The van der Waals surface area contributed by atoms with Crippen LogP contribution in [0.5, 0.6) is 0 Å². The number of aromatic nitrogens is 2. The van der Waals surface area contributed by atoms with Gasteiger partial charge in [-0.05, 0) is 40.5 Å². The second-order valence-electron chi connectivity index (χ2n) is 7.31. The third kappa shape index (κ3) is 3.61.